The second kappa shape index (κ2) is 19.2. The number of pyridine rings is 1. The molecule has 6 N–H and O–H groups in total. The maximum atomic E-state index is 14.8. The number of aliphatic carboxylic acids is 1. The maximum Gasteiger partial charge on any atom is 0.329 e. The van der Waals surface area contributed by atoms with Gasteiger partial charge in [0.05, 0.1) is 24.9 Å². The SMILES string of the molecule is COc1ccc2c(O[C@@H]3C[C@H]4C(=O)N[C@]5(C(=O)O)CC5CCCCCCC[C@H](NC(=O)N[C@H](CN(C)S(=O)O)C(C)(C)C)C(=O)N4C3)cc(-c3csc(NC(C)C)n3)nc2c1. The third kappa shape index (κ3) is 11.1. The van der Waals surface area contributed by atoms with Crippen LogP contribution in [-0.2, 0) is 25.7 Å². The molecule has 61 heavy (non-hydrogen) atoms. The summed E-state index contributed by atoms with van der Waals surface area (Å²) in [5, 5.41) is 25.7. The zero-order valence-corrected chi connectivity index (χ0v) is 37.6. The minimum Gasteiger partial charge on any atom is -0.497 e. The normalized spacial score (nSPS) is 24.8. The van der Waals surface area contributed by atoms with Crippen LogP contribution in [0.5, 0.6) is 11.5 Å². The number of carboxylic acids is 1. The van der Waals surface area contributed by atoms with Crippen LogP contribution >= 0.6 is 11.3 Å². The fraction of sp³-hybridized carbons (Fsp3) is 0.619. The molecule has 2 unspecified atom stereocenters. The molecular weight excluding hydrogens is 825 g/mol. The van der Waals surface area contributed by atoms with E-state index < -0.39 is 70.3 Å². The fourth-order valence-corrected chi connectivity index (χ4v) is 9.31. The molecule has 1 aliphatic carbocycles. The Kier molecular flexibility index (Phi) is 14.5. The number of nitrogens with one attached hydrogen (secondary N) is 4. The number of aromatic nitrogens is 2. The van der Waals surface area contributed by atoms with Crippen LogP contribution in [0.3, 0.4) is 0 Å². The third-order valence-electron chi connectivity index (χ3n) is 11.8. The molecule has 2 aliphatic heterocycles. The molecule has 4 heterocycles. The van der Waals surface area contributed by atoms with Gasteiger partial charge in [-0.25, -0.2) is 28.1 Å². The van der Waals surface area contributed by atoms with Gasteiger partial charge in [0.1, 0.15) is 40.9 Å². The Bertz CT molecular complexity index is 2110. The molecule has 1 aromatic carbocycles. The van der Waals surface area contributed by atoms with E-state index in [0.29, 0.717) is 59.5 Å². The molecular formula is C42H60N8O9S2. The van der Waals surface area contributed by atoms with Crippen molar-refractivity contribution in [1.82, 2.24) is 35.1 Å². The topological polar surface area (TPSA) is 225 Å². The molecule has 4 amide bonds. The fourth-order valence-electron chi connectivity index (χ4n) is 8.18. The number of carbonyl (C=O) groups is 4. The number of amides is 4. The molecule has 0 spiro atoms. The van der Waals surface area contributed by atoms with E-state index in [-0.39, 0.29) is 31.5 Å². The van der Waals surface area contributed by atoms with E-state index in [1.165, 1.54) is 27.6 Å². The summed E-state index contributed by atoms with van der Waals surface area (Å²) in [5.74, 6) is -1.35. The van der Waals surface area contributed by atoms with Crippen molar-refractivity contribution in [3.05, 3.63) is 29.6 Å². The van der Waals surface area contributed by atoms with Gasteiger partial charge in [-0.15, -0.1) is 11.3 Å². The molecule has 334 valence electrons. The van der Waals surface area contributed by atoms with Crippen molar-refractivity contribution in [2.24, 2.45) is 11.3 Å². The molecule has 7 atom stereocenters. The van der Waals surface area contributed by atoms with Crippen molar-refractivity contribution < 1.29 is 42.5 Å². The van der Waals surface area contributed by atoms with Gasteiger partial charge in [-0.1, -0.05) is 52.9 Å². The number of fused-ring (bicyclic) bond motifs is 3. The summed E-state index contributed by atoms with van der Waals surface area (Å²) in [6.07, 6.45) is 4.61. The van der Waals surface area contributed by atoms with Gasteiger partial charge in [-0.2, -0.15) is 0 Å². The van der Waals surface area contributed by atoms with Crippen molar-refractivity contribution >= 4 is 62.5 Å². The smallest absolute Gasteiger partial charge is 0.329 e. The van der Waals surface area contributed by atoms with Crippen LogP contribution in [0.2, 0.25) is 0 Å². The first-order valence-corrected chi connectivity index (χ1v) is 23.0. The van der Waals surface area contributed by atoms with Gasteiger partial charge >= 0.3 is 12.0 Å². The highest BCUT2D eigenvalue weighted by atomic mass is 32.2. The summed E-state index contributed by atoms with van der Waals surface area (Å²) in [6, 6.07) is 4.05. The van der Waals surface area contributed by atoms with Crippen molar-refractivity contribution in [2.45, 2.75) is 128 Å². The second-order valence-corrected chi connectivity index (χ2v) is 19.8. The Morgan fingerprint density at radius 1 is 1.10 bits per heavy atom. The summed E-state index contributed by atoms with van der Waals surface area (Å²) < 4.78 is 34.9. The number of likely N-dealkylation sites (N-methyl/N-ethyl adjacent to an activating group) is 1. The molecule has 1 saturated carbocycles. The number of carbonyl (C=O) groups excluding carboxylic acids is 3. The van der Waals surface area contributed by atoms with Crippen LogP contribution in [0, 0.1) is 11.3 Å². The predicted molar refractivity (Wildman–Crippen MR) is 234 cm³/mol. The van der Waals surface area contributed by atoms with Crippen molar-refractivity contribution in [3.8, 4) is 22.9 Å². The summed E-state index contributed by atoms with van der Waals surface area (Å²) in [6.45, 7) is 9.78. The van der Waals surface area contributed by atoms with Crippen molar-refractivity contribution in [1.29, 1.82) is 0 Å². The largest absolute Gasteiger partial charge is 0.497 e. The van der Waals surface area contributed by atoms with Crippen LogP contribution in [0.4, 0.5) is 9.93 Å². The highest BCUT2D eigenvalue weighted by Crippen LogP contribution is 2.48. The van der Waals surface area contributed by atoms with Gasteiger partial charge in [-0.3, -0.25) is 14.1 Å². The van der Waals surface area contributed by atoms with Gasteiger partial charge in [0.15, 0.2) is 5.13 Å². The zero-order valence-electron chi connectivity index (χ0n) is 36.0. The molecule has 17 nitrogen and oxygen atoms in total. The number of urea groups is 1. The number of nitrogens with zero attached hydrogens (tertiary/aromatic N) is 4. The number of thiazole rings is 1. The lowest BCUT2D eigenvalue weighted by atomic mass is 9.87. The number of rotatable bonds is 12. The number of carboxylic acid groups (broad SMARTS) is 1. The highest BCUT2D eigenvalue weighted by molar-refractivity contribution is 7.76. The maximum absolute atomic E-state index is 14.8. The average molecular weight is 885 g/mol. The van der Waals surface area contributed by atoms with Crippen LogP contribution < -0.4 is 30.7 Å². The van der Waals surface area contributed by atoms with Gasteiger partial charge < -0.3 is 40.7 Å². The molecule has 0 radical (unpaired) electrons. The zero-order chi connectivity index (χ0) is 44.2. The van der Waals surface area contributed by atoms with Gasteiger partial charge in [0.25, 0.3) is 0 Å². The van der Waals surface area contributed by atoms with Crippen LogP contribution in [0.25, 0.3) is 22.3 Å². The second-order valence-electron chi connectivity index (χ2n) is 17.8. The third-order valence-corrected chi connectivity index (χ3v) is 13.3. The highest BCUT2D eigenvalue weighted by Gasteiger charge is 2.62. The minimum atomic E-state index is -2.26. The number of benzene rings is 1. The lowest BCUT2D eigenvalue weighted by Gasteiger charge is -2.34. The van der Waals surface area contributed by atoms with Crippen LogP contribution in [0.15, 0.2) is 29.6 Å². The van der Waals surface area contributed by atoms with E-state index in [4.69, 9.17) is 19.4 Å². The predicted octanol–water partition coefficient (Wildman–Crippen LogP) is 5.39. The van der Waals surface area contributed by atoms with E-state index >= 15 is 0 Å². The standard InChI is InChI=1S/C42H60N8O9S2/c1-24(2)43-40-46-32(23-60-40)31-19-34(28-16-15-26(58-7)17-30(28)44-31)59-27-18-33-36(51)48-42(38(53)54)20-25(42)13-11-9-8-10-12-14-29(37(52)50(33)21-27)45-39(55)47-35(41(3,4)5)22-49(6)61(56)57/h15-17,19,23-25,27,29,33,35H,8-14,18,20-22H2,1-7H3,(H,43,46)(H,48,51)(H,53,54)(H,56,57)(H2,45,47,55)/t25?,27-,29+,33+,35-,42-/m1/s1. The monoisotopic (exact) mass is 884 g/mol. The first-order chi connectivity index (χ1) is 28.9. The molecule has 6 rings (SSSR count). The first-order valence-electron chi connectivity index (χ1n) is 21.0. The van der Waals surface area contributed by atoms with E-state index in [9.17, 15) is 33.0 Å². The van der Waals surface area contributed by atoms with Gasteiger partial charge in [0.2, 0.25) is 23.1 Å². The average Bonchev–Trinajstić information content (AvgIpc) is 3.46. The Labute approximate surface area is 363 Å². The lowest BCUT2D eigenvalue weighted by molar-refractivity contribution is -0.145. The lowest BCUT2D eigenvalue weighted by Crippen LogP contribution is -2.59. The van der Waals surface area contributed by atoms with Crippen molar-refractivity contribution in [3.63, 3.8) is 0 Å². The molecule has 19 heteroatoms. The number of hydrogen-bond donors (Lipinski definition) is 6. The van der Waals surface area contributed by atoms with Crippen molar-refractivity contribution in [2.75, 3.05) is 32.6 Å². The van der Waals surface area contributed by atoms with Gasteiger partial charge in [0, 0.05) is 55.0 Å². The molecule has 2 saturated heterocycles. The minimum absolute atomic E-state index is 0.0214. The Hall–Kier alpha value is -4.59. The molecule has 2 aromatic heterocycles. The number of methoxy groups -OCH3 is 1. The molecule has 3 aliphatic rings. The Morgan fingerprint density at radius 2 is 1.82 bits per heavy atom. The summed E-state index contributed by atoms with van der Waals surface area (Å²) >= 11 is -0.807. The summed E-state index contributed by atoms with van der Waals surface area (Å²) in [5.41, 5.74) is -0.166. The number of ether oxygens (including phenoxy) is 2. The number of hydrogen-bond acceptors (Lipinski definition) is 11. The van der Waals surface area contributed by atoms with E-state index in [2.05, 4.69) is 21.3 Å². The number of anilines is 1. The Morgan fingerprint density at radius 3 is 2.49 bits per heavy atom. The molecule has 3 fully saturated rings. The van der Waals surface area contributed by atoms with Crippen LogP contribution in [-0.4, -0.2) is 120 Å². The quantitative estimate of drug-likeness (QED) is 0.126. The van der Waals surface area contributed by atoms with E-state index in [1.807, 2.05) is 46.1 Å². The first kappa shape index (κ1) is 45.9. The molecule has 3 aromatic rings. The van der Waals surface area contributed by atoms with Crippen LogP contribution in [0.1, 0.15) is 92.4 Å². The Balaban J connectivity index is 1.32. The van der Waals surface area contributed by atoms with Gasteiger partial charge in [-0.05, 0) is 56.6 Å². The molecule has 0 bridgehead atoms. The summed E-state index contributed by atoms with van der Waals surface area (Å²) in [7, 11) is 3.04. The summed E-state index contributed by atoms with van der Waals surface area (Å²) in [4.78, 5) is 66.7. The van der Waals surface area contributed by atoms with E-state index in [1.54, 1.807) is 25.3 Å². The van der Waals surface area contributed by atoms with E-state index in [0.717, 1.165) is 30.8 Å².